The maximum atomic E-state index is 15.1. The normalized spacial score (nSPS) is 14.9. The topological polar surface area (TPSA) is 119 Å². The third-order valence-corrected chi connectivity index (χ3v) is 6.68. The van der Waals surface area contributed by atoms with Crippen LogP contribution in [0.1, 0.15) is 33.4 Å². The van der Waals surface area contributed by atoms with Gasteiger partial charge in [-0.05, 0) is 0 Å². The molecule has 5 nitrogen and oxygen atoms in total. The molecule has 1 saturated carbocycles. The molecule has 0 bridgehead atoms. The standard InChI is InChI=1S/C31HF12N5/c1-2-8-20(32)26(38)17(27(39)21(8)33)9(3-44)14-15(10(4-45)18-28(40)22(34)12(6-47)23(35)29(18)41)16(14)11(5-46)19-30(42)24(36)13(7-48)25(37)31(19)43/h1H/b14-9?,15-10-,16-11+. The molecule has 4 rings (SSSR count). The van der Waals surface area contributed by atoms with E-state index >= 15 is 26.3 Å². The number of hydrogen-bond donors (Lipinski definition) is 0. The fourth-order valence-electron chi connectivity index (χ4n) is 4.52. The van der Waals surface area contributed by atoms with E-state index in [9.17, 15) is 42.1 Å². The molecule has 0 unspecified atom stereocenters. The second-order valence-corrected chi connectivity index (χ2v) is 8.97. The summed E-state index contributed by atoms with van der Waals surface area (Å²) in [4.78, 5) is 0. The number of halogens is 12. The second-order valence-electron chi connectivity index (χ2n) is 8.97. The van der Waals surface area contributed by atoms with E-state index in [-0.39, 0.29) is 0 Å². The highest BCUT2D eigenvalue weighted by atomic mass is 19.2. The van der Waals surface area contributed by atoms with E-state index in [2.05, 4.69) is 0 Å². The van der Waals surface area contributed by atoms with E-state index in [0.717, 1.165) is 30.3 Å². The molecule has 0 saturated heterocycles. The fraction of sp³-hybridized carbons (Fsp3) is 0. The van der Waals surface area contributed by atoms with Crippen LogP contribution < -0.4 is 0 Å². The van der Waals surface area contributed by atoms with Crippen molar-refractivity contribution in [3.63, 3.8) is 0 Å². The number of allylic oxidation sites excluding steroid dienone is 6. The van der Waals surface area contributed by atoms with Crippen molar-refractivity contribution >= 4 is 16.7 Å². The van der Waals surface area contributed by atoms with Crippen molar-refractivity contribution in [1.29, 1.82) is 26.3 Å². The minimum Gasteiger partial charge on any atom is -0.203 e. The van der Waals surface area contributed by atoms with Crippen molar-refractivity contribution in [3.8, 4) is 42.7 Å². The Morgan fingerprint density at radius 3 is 0.729 bits per heavy atom. The van der Waals surface area contributed by atoms with E-state index in [4.69, 9.17) is 16.9 Å². The van der Waals surface area contributed by atoms with Crippen molar-refractivity contribution < 1.29 is 52.7 Å². The molecule has 48 heavy (non-hydrogen) atoms. The van der Waals surface area contributed by atoms with E-state index in [1.54, 1.807) is 0 Å². The number of nitrogens with zero attached hydrogens (tertiary/aromatic N) is 5. The summed E-state index contributed by atoms with van der Waals surface area (Å²) in [7, 11) is 0. The largest absolute Gasteiger partial charge is 0.203 e. The Hall–Kier alpha value is -6.95. The van der Waals surface area contributed by atoms with Gasteiger partial charge in [0.2, 0.25) is 0 Å². The maximum absolute atomic E-state index is 15.1. The molecule has 3 aromatic carbocycles. The van der Waals surface area contributed by atoms with Crippen LogP contribution in [-0.2, 0) is 0 Å². The molecule has 0 spiro atoms. The SMILES string of the molecule is C#Cc1c(F)c(F)c(C(C#N)=C2C(=C(/C#N)c3c(F)c(F)c(C#N)c(F)c3F)/C2=C(/C#N)c2c(F)c(F)c(C#N)c(F)c2F)c(F)c1F. The third-order valence-electron chi connectivity index (χ3n) is 6.68. The molecule has 0 aliphatic heterocycles. The molecule has 1 fully saturated rings. The molecule has 0 amide bonds. The van der Waals surface area contributed by atoms with Gasteiger partial charge in [-0.3, -0.25) is 0 Å². The van der Waals surface area contributed by atoms with Gasteiger partial charge in [-0.25, -0.2) is 52.7 Å². The summed E-state index contributed by atoms with van der Waals surface area (Å²) >= 11 is 0. The predicted molar refractivity (Wildman–Crippen MR) is 134 cm³/mol. The summed E-state index contributed by atoms with van der Waals surface area (Å²) in [6, 6.07) is 4.48. The Morgan fingerprint density at radius 1 is 0.354 bits per heavy atom. The summed E-state index contributed by atoms with van der Waals surface area (Å²) in [6.07, 6.45) is 4.82. The molecule has 0 radical (unpaired) electrons. The molecule has 234 valence electrons. The number of hydrogen-bond acceptors (Lipinski definition) is 5. The molecule has 17 heteroatoms. The summed E-state index contributed by atoms with van der Waals surface area (Å²) < 4.78 is 178. The van der Waals surface area contributed by atoms with Crippen LogP contribution in [0.5, 0.6) is 0 Å². The van der Waals surface area contributed by atoms with Crippen molar-refractivity contribution in [2.24, 2.45) is 0 Å². The van der Waals surface area contributed by atoms with Crippen LogP contribution in [0.3, 0.4) is 0 Å². The van der Waals surface area contributed by atoms with Crippen LogP contribution in [0.15, 0.2) is 16.7 Å². The van der Waals surface area contributed by atoms with Crippen molar-refractivity contribution in [3.05, 3.63) is 120 Å². The van der Waals surface area contributed by atoms with Gasteiger partial charge >= 0.3 is 0 Å². The van der Waals surface area contributed by atoms with E-state index in [1.165, 1.54) is 5.92 Å². The van der Waals surface area contributed by atoms with Crippen molar-refractivity contribution in [2.75, 3.05) is 0 Å². The van der Waals surface area contributed by atoms with Crippen molar-refractivity contribution in [2.45, 2.75) is 0 Å². The Bertz CT molecular complexity index is 2060. The van der Waals surface area contributed by atoms with E-state index < -0.39 is 137 Å². The highest BCUT2D eigenvalue weighted by Gasteiger charge is 2.46. The first-order valence-corrected chi connectivity index (χ1v) is 11.9. The number of nitriles is 5. The molecule has 1 aliphatic carbocycles. The summed E-state index contributed by atoms with van der Waals surface area (Å²) in [5, 5.41) is 47.1. The quantitative estimate of drug-likeness (QED) is 0.125. The monoisotopic (exact) mass is 671 g/mol. The van der Waals surface area contributed by atoms with Gasteiger partial charge in [0.25, 0.3) is 0 Å². The minimum absolute atomic E-state index is 0.775. The molecule has 1 aliphatic rings. The molecule has 0 aromatic heterocycles. The first-order chi connectivity index (χ1) is 22.6. The van der Waals surface area contributed by atoms with Crippen LogP contribution >= 0.6 is 0 Å². The summed E-state index contributed by atoms with van der Waals surface area (Å²) in [5.41, 5.74) is -21.0. The lowest BCUT2D eigenvalue weighted by Crippen LogP contribution is -2.06. The first-order valence-electron chi connectivity index (χ1n) is 11.9. The second kappa shape index (κ2) is 12.1. The summed E-state index contributed by atoms with van der Waals surface area (Å²) in [5.74, 6) is -28.1. The molecule has 3 aromatic rings. The Kier molecular flexibility index (Phi) is 8.55. The van der Waals surface area contributed by atoms with Crippen LogP contribution in [0.25, 0.3) is 16.7 Å². The van der Waals surface area contributed by atoms with Gasteiger partial charge in [0.1, 0.15) is 47.0 Å². The highest BCUT2D eigenvalue weighted by Crippen LogP contribution is 2.57. The molecular formula is C31HF12N5. The first kappa shape index (κ1) is 33.9. The molecule has 0 N–H and O–H groups in total. The van der Waals surface area contributed by atoms with Gasteiger partial charge < -0.3 is 0 Å². The van der Waals surface area contributed by atoms with Gasteiger partial charge in [0, 0.05) is 16.7 Å². The maximum Gasteiger partial charge on any atom is 0.180 e. The lowest BCUT2D eigenvalue weighted by atomic mass is 9.99. The van der Waals surface area contributed by atoms with Crippen LogP contribution in [0.4, 0.5) is 52.7 Å². The number of benzene rings is 3. The zero-order valence-corrected chi connectivity index (χ0v) is 22.3. The van der Waals surface area contributed by atoms with Gasteiger partial charge in [0.15, 0.2) is 69.8 Å². The minimum atomic E-state index is -2.52. The predicted octanol–water partition coefficient (Wildman–Crippen LogP) is 7.33. The van der Waals surface area contributed by atoms with E-state index in [0.29, 0.717) is 0 Å². The lowest BCUT2D eigenvalue weighted by molar-refractivity contribution is 0.446. The van der Waals surface area contributed by atoms with Crippen molar-refractivity contribution in [1.82, 2.24) is 0 Å². The number of terminal acetylenes is 1. The molecule has 0 atom stereocenters. The third kappa shape index (κ3) is 4.58. The van der Waals surface area contributed by atoms with Gasteiger partial charge in [-0.15, -0.1) is 6.42 Å². The highest BCUT2D eigenvalue weighted by molar-refractivity contribution is 6.12. The smallest absolute Gasteiger partial charge is 0.180 e. The average molecular weight is 671 g/mol. The fourth-order valence-corrected chi connectivity index (χ4v) is 4.52. The summed E-state index contributed by atoms with van der Waals surface area (Å²) in [6.45, 7) is 0. The van der Waals surface area contributed by atoms with E-state index in [1.807, 2.05) is 0 Å². The average Bonchev–Trinajstić information content (AvgIpc) is 3.78. The van der Waals surface area contributed by atoms with Crippen LogP contribution in [0, 0.1) is 139 Å². The van der Waals surface area contributed by atoms with Gasteiger partial charge in [-0.2, -0.15) is 26.3 Å². The van der Waals surface area contributed by atoms with Crippen LogP contribution in [0.2, 0.25) is 0 Å². The Morgan fingerprint density at radius 2 is 0.562 bits per heavy atom. The van der Waals surface area contributed by atoms with Crippen LogP contribution in [-0.4, -0.2) is 0 Å². The molecular weight excluding hydrogens is 670 g/mol. The lowest BCUT2D eigenvalue weighted by Gasteiger charge is -2.08. The van der Waals surface area contributed by atoms with Gasteiger partial charge in [-0.1, -0.05) is 5.92 Å². The van der Waals surface area contributed by atoms with Gasteiger partial charge in [0.05, 0.1) is 33.4 Å². The Balaban J connectivity index is 2.38. The molecule has 0 heterocycles. The number of rotatable bonds is 3. The Labute approximate surface area is 258 Å². The zero-order chi connectivity index (χ0) is 36.1. The zero-order valence-electron chi connectivity index (χ0n) is 22.3.